The summed E-state index contributed by atoms with van der Waals surface area (Å²) in [6.45, 7) is 1.02. The van der Waals surface area contributed by atoms with E-state index in [0.29, 0.717) is 47.2 Å². The van der Waals surface area contributed by atoms with E-state index in [-0.39, 0.29) is 17.5 Å². The number of aromatic amines is 1. The van der Waals surface area contributed by atoms with Crippen LogP contribution in [-0.4, -0.2) is 29.2 Å². The number of H-pyrrole nitrogens is 1. The molecular weight excluding hydrogens is 446 g/mol. The van der Waals surface area contributed by atoms with Gasteiger partial charge in [0.25, 0.3) is 11.5 Å². The summed E-state index contributed by atoms with van der Waals surface area (Å²) in [7, 11) is 1.62. The van der Waals surface area contributed by atoms with Gasteiger partial charge < -0.3 is 15.0 Å². The Bertz CT molecular complexity index is 1380. The molecule has 1 unspecified atom stereocenters. The lowest BCUT2D eigenvalue weighted by molar-refractivity contribution is 0.0936. The molecule has 4 rings (SSSR count). The van der Waals surface area contributed by atoms with Gasteiger partial charge in [0.2, 0.25) is 0 Å². The number of ether oxygens (including phenoxy) is 1. The highest BCUT2D eigenvalue weighted by Gasteiger charge is 2.17. The summed E-state index contributed by atoms with van der Waals surface area (Å²) >= 11 is 5.40. The van der Waals surface area contributed by atoms with Crippen LogP contribution in [0.3, 0.4) is 0 Å². The molecule has 7 heteroatoms. The molecule has 34 heavy (non-hydrogen) atoms. The van der Waals surface area contributed by atoms with Gasteiger partial charge in [-0.15, -0.1) is 0 Å². The molecule has 0 radical (unpaired) electrons. The molecule has 0 fully saturated rings. The molecule has 6 nitrogen and oxygen atoms in total. The summed E-state index contributed by atoms with van der Waals surface area (Å²) in [5.41, 5.74) is 2.99. The van der Waals surface area contributed by atoms with Gasteiger partial charge >= 0.3 is 0 Å². The highest BCUT2D eigenvalue weighted by Crippen LogP contribution is 2.20. The number of benzene rings is 3. The van der Waals surface area contributed by atoms with Crippen LogP contribution in [0.15, 0.2) is 83.7 Å². The van der Waals surface area contributed by atoms with Gasteiger partial charge in [0.05, 0.1) is 16.9 Å². The lowest BCUT2D eigenvalue weighted by atomic mass is 9.98. The third-order valence-corrected chi connectivity index (χ3v) is 6.09. The molecule has 1 amide bonds. The van der Waals surface area contributed by atoms with Crippen LogP contribution in [0.25, 0.3) is 10.9 Å². The first kappa shape index (κ1) is 23.6. The Balaban J connectivity index is 1.61. The van der Waals surface area contributed by atoms with Crippen molar-refractivity contribution in [1.82, 2.24) is 14.9 Å². The van der Waals surface area contributed by atoms with E-state index in [1.165, 1.54) is 4.57 Å². The van der Waals surface area contributed by atoms with Crippen LogP contribution in [0.5, 0.6) is 0 Å². The monoisotopic (exact) mass is 473 g/mol. The molecule has 3 aromatic carbocycles. The van der Waals surface area contributed by atoms with Crippen molar-refractivity contribution in [2.45, 2.75) is 25.4 Å². The van der Waals surface area contributed by atoms with Crippen molar-refractivity contribution >= 4 is 29.0 Å². The van der Waals surface area contributed by atoms with E-state index in [4.69, 9.17) is 17.0 Å². The van der Waals surface area contributed by atoms with Crippen LogP contribution in [0.2, 0.25) is 0 Å². The summed E-state index contributed by atoms with van der Waals surface area (Å²) in [5.74, 6) is -0.213. The standard InChI is InChI=1S/C27H27N3O3S/c1-33-16-8-15-30-26(32)22-14-13-21(18-24(22)29-27(30)34)25(31)28-23(20-11-6-3-7-12-20)17-19-9-4-2-5-10-19/h2-7,9-14,18,23H,8,15-17H2,1H3,(H,28,31)(H,29,34). The first-order chi connectivity index (χ1) is 16.6. The molecule has 0 saturated carbocycles. The Morgan fingerprint density at radius 2 is 1.76 bits per heavy atom. The third-order valence-electron chi connectivity index (χ3n) is 5.76. The molecule has 0 bridgehead atoms. The fourth-order valence-electron chi connectivity index (χ4n) is 3.99. The number of carbonyl (C=O) groups excluding carboxylic acids is 1. The normalized spacial score (nSPS) is 11.9. The number of aromatic nitrogens is 2. The zero-order valence-electron chi connectivity index (χ0n) is 19.0. The summed E-state index contributed by atoms with van der Waals surface area (Å²) in [4.78, 5) is 29.3. The molecule has 0 aliphatic heterocycles. The maximum atomic E-state index is 13.2. The van der Waals surface area contributed by atoms with E-state index in [0.717, 1.165) is 11.1 Å². The fourth-order valence-corrected chi connectivity index (χ4v) is 4.28. The topological polar surface area (TPSA) is 76.1 Å². The molecule has 4 aromatic rings. The smallest absolute Gasteiger partial charge is 0.262 e. The van der Waals surface area contributed by atoms with Crippen molar-refractivity contribution in [3.05, 3.63) is 111 Å². The third kappa shape index (κ3) is 5.50. The molecule has 1 heterocycles. The molecule has 1 atom stereocenters. The molecule has 0 aliphatic rings. The Morgan fingerprint density at radius 3 is 2.47 bits per heavy atom. The number of nitrogens with one attached hydrogen (secondary N) is 2. The van der Waals surface area contributed by atoms with Gasteiger partial charge in [-0.05, 0) is 54.4 Å². The highest BCUT2D eigenvalue weighted by molar-refractivity contribution is 7.71. The van der Waals surface area contributed by atoms with Crippen LogP contribution in [-0.2, 0) is 17.7 Å². The molecule has 174 valence electrons. The fraction of sp³-hybridized carbons (Fsp3) is 0.222. The van der Waals surface area contributed by atoms with Crippen molar-refractivity contribution < 1.29 is 9.53 Å². The number of hydrogen-bond acceptors (Lipinski definition) is 4. The maximum Gasteiger partial charge on any atom is 0.262 e. The maximum absolute atomic E-state index is 13.2. The van der Waals surface area contributed by atoms with Crippen molar-refractivity contribution in [1.29, 1.82) is 0 Å². The lowest BCUT2D eigenvalue weighted by Gasteiger charge is -2.20. The van der Waals surface area contributed by atoms with Gasteiger partial charge in [0.1, 0.15) is 0 Å². The number of amides is 1. The van der Waals surface area contributed by atoms with Gasteiger partial charge in [-0.3, -0.25) is 14.2 Å². The number of fused-ring (bicyclic) bond motifs is 1. The first-order valence-electron chi connectivity index (χ1n) is 11.2. The predicted octanol–water partition coefficient (Wildman–Crippen LogP) is 4.81. The van der Waals surface area contributed by atoms with E-state index in [2.05, 4.69) is 22.4 Å². The predicted molar refractivity (Wildman–Crippen MR) is 137 cm³/mol. The summed E-state index contributed by atoms with van der Waals surface area (Å²) in [6, 6.07) is 24.8. The van der Waals surface area contributed by atoms with E-state index in [1.54, 1.807) is 25.3 Å². The van der Waals surface area contributed by atoms with Gasteiger partial charge in [-0.2, -0.15) is 0 Å². The zero-order chi connectivity index (χ0) is 23.9. The molecular formula is C27H27N3O3S. The van der Waals surface area contributed by atoms with Crippen LogP contribution in [0.4, 0.5) is 0 Å². The van der Waals surface area contributed by atoms with Crippen LogP contribution >= 0.6 is 12.2 Å². The lowest BCUT2D eigenvalue weighted by Crippen LogP contribution is -2.30. The Morgan fingerprint density at radius 1 is 1.06 bits per heavy atom. The SMILES string of the molecule is COCCCn1c(=S)[nH]c2cc(C(=O)NC(Cc3ccccc3)c3ccccc3)ccc2c1=O. The van der Waals surface area contributed by atoms with Gasteiger partial charge in [-0.25, -0.2) is 0 Å². The van der Waals surface area contributed by atoms with Crippen LogP contribution in [0, 0.1) is 4.77 Å². The Hall–Kier alpha value is -3.55. The molecule has 0 aliphatic carbocycles. The second-order valence-corrected chi connectivity index (χ2v) is 8.51. The van der Waals surface area contributed by atoms with Crippen molar-refractivity contribution in [2.24, 2.45) is 0 Å². The van der Waals surface area contributed by atoms with Gasteiger partial charge in [0, 0.05) is 25.8 Å². The number of hydrogen-bond donors (Lipinski definition) is 2. The number of carbonyl (C=O) groups is 1. The second kappa shape index (κ2) is 11.0. The quantitative estimate of drug-likeness (QED) is 0.270. The number of rotatable bonds is 9. The van der Waals surface area contributed by atoms with E-state index in [1.807, 2.05) is 48.5 Å². The average Bonchev–Trinajstić information content (AvgIpc) is 2.86. The first-order valence-corrected chi connectivity index (χ1v) is 11.6. The van der Waals surface area contributed by atoms with Crippen LogP contribution in [0.1, 0.15) is 33.9 Å². The zero-order valence-corrected chi connectivity index (χ0v) is 19.8. The largest absolute Gasteiger partial charge is 0.385 e. The summed E-state index contributed by atoms with van der Waals surface area (Å²) in [5, 5.41) is 3.65. The minimum Gasteiger partial charge on any atom is -0.385 e. The Labute approximate surface area is 203 Å². The number of methoxy groups -OCH3 is 1. The van der Waals surface area contributed by atoms with Crippen LogP contribution < -0.4 is 10.9 Å². The van der Waals surface area contributed by atoms with Gasteiger partial charge in [0.15, 0.2) is 4.77 Å². The minimum atomic E-state index is -0.213. The van der Waals surface area contributed by atoms with E-state index in [9.17, 15) is 9.59 Å². The van der Waals surface area contributed by atoms with Gasteiger partial charge in [-0.1, -0.05) is 60.7 Å². The summed E-state index contributed by atoms with van der Waals surface area (Å²) in [6.07, 6.45) is 1.35. The molecule has 0 spiro atoms. The molecule has 1 aromatic heterocycles. The second-order valence-electron chi connectivity index (χ2n) is 8.12. The Kier molecular flexibility index (Phi) is 7.67. The minimum absolute atomic E-state index is 0.173. The molecule has 2 N–H and O–H groups in total. The van der Waals surface area contributed by atoms with Crippen molar-refractivity contribution in [3.8, 4) is 0 Å². The average molecular weight is 474 g/mol. The van der Waals surface area contributed by atoms with E-state index >= 15 is 0 Å². The van der Waals surface area contributed by atoms with Crippen molar-refractivity contribution in [3.63, 3.8) is 0 Å². The number of nitrogens with zero attached hydrogens (tertiary/aromatic N) is 1. The summed E-state index contributed by atoms with van der Waals surface area (Å²) < 4.78 is 6.93. The highest BCUT2D eigenvalue weighted by atomic mass is 32.1. The molecule has 0 saturated heterocycles. The van der Waals surface area contributed by atoms with E-state index < -0.39 is 0 Å². The van der Waals surface area contributed by atoms with Crippen molar-refractivity contribution in [2.75, 3.05) is 13.7 Å².